The maximum atomic E-state index is 13.0. The van der Waals surface area contributed by atoms with Crippen molar-refractivity contribution in [3.05, 3.63) is 98.3 Å². The van der Waals surface area contributed by atoms with Crippen molar-refractivity contribution in [1.29, 1.82) is 0 Å². The molecule has 0 saturated carbocycles. The van der Waals surface area contributed by atoms with Crippen LogP contribution in [0.15, 0.2) is 80.4 Å². The molecule has 0 spiro atoms. The van der Waals surface area contributed by atoms with Crippen LogP contribution in [-0.4, -0.2) is 18.5 Å². The first-order valence-electron chi connectivity index (χ1n) is 10.4. The van der Waals surface area contributed by atoms with E-state index in [1.165, 1.54) is 18.2 Å². The molecule has 0 aliphatic carbocycles. The molecule has 0 atom stereocenters. The standard InChI is InChI=1S/C26H19BrO7/c1-3-31-25(29)16-6-10-19(11-7-16)33-24-15(2)32-22-14-20(12-13-21(22)23(24)28)34-26(30)17-4-8-18(27)9-5-17/h4-14H,3H2,1-2H3. The maximum absolute atomic E-state index is 13.0. The van der Waals surface area contributed by atoms with Gasteiger partial charge in [0.05, 0.1) is 23.1 Å². The lowest BCUT2D eigenvalue weighted by Crippen LogP contribution is -2.10. The van der Waals surface area contributed by atoms with Gasteiger partial charge in [0, 0.05) is 10.5 Å². The van der Waals surface area contributed by atoms with Gasteiger partial charge in [-0.2, -0.15) is 0 Å². The van der Waals surface area contributed by atoms with Gasteiger partial charge in [-0.3, -0.25) is 4.79 Å². The Kier molecular flexibility index (Phi) is 6.79. The van der Waals surface area contributed by atoms with Crippen LogP contribution in [0.1, 0.15) is 33.4 Å². The predicted octanol–water partition coefficient (Wildman–Crippen LogP) is 6.05. The molecule has 4 rings (SSSR count). The molecule has 0 saturated heterocycles. The molecule has 7 nitrogen and oxygen atoms in total. The fourth-order valence-corrected chi connectivity index (χ4v) is 3.46. The molecular weight excluding hydrogens is 504 g/mol. The van der Waals surface area contributed by atoms with Crippen LogP contribution in [0, 0.1) is 6.92 Å². The molecule has 1 heterocycles. The Morgan fingerprint density at radius 2 is 1.50 bits per heavy atom. The normalized spacial score (nSPS) is 10.7. The average molecular weight is 523 g/mol. The van der Waals surface area contributed by atoms with Crippen LogP contribution in [-0.2, 0) is 4.74 Å². The molecule has 34 heavy (non-hydrogen) atoms. The maximum Gasteiger partial charge on any atom is 0.343 e. The van der Waals surface area contributed by atoms with Gasteiger partial charge in [-0.15, -0.1) is 0 Å². The minimum Gasteiger partial charge on any atom is -0.462 e. The third-order valence-corrected chi connectivity index (χ3v) is 5.39. The van der Waals surface area contributed by atoms with E-state index in [0.717, 1.165) is 4.47 Å². The lowest BCUT2D eigenvalue weighted by Gasteiger charge is -2.10. The lowest BCUT2D eigenvalue weighted by atomic mass is 10.2. The largest absolute Gasteiger partial charge is 0.462 e. The van der Waals surface area contributed by atoms with Crippen molar-refractivity contribution in [3.8, 4) is 17.2 Å². The highest BCUT2D eigenvalue weighted by atomic mass is 79.9. The summed E-state index contributed by atoms with van der Waals surface area (Å²) in [7, 11) is 0. The van der Waals surface area contributed by atoms with Gasteiger partial charge in [0.25, 0.3) is 0 Å². The Bertz CT molecular complexity index is 1420. The third kappa shape index (κ3) is 5.02. The zero-order valence-electron chi connectivity index (χ0n) is 18.3. The van der Waals surface area contributed by atoms with Crippen molar-refractivity contribution < 1.29 is 28.2 Å². The summed E-state index contributed by atoms with van der Waals surface area (Å²) in [6.45, 7) is 3.61. The first kappa shape index (κ1) is 23.3. The molecule has 8 heteroatoms. The minimum absolute atomic E-state index is 0.0241. The van der Waals surface area contributed by atoms with Crippen molar-refractivity contribution in [2.45, 2.75) is 13.8 Å². The second kappa shape index (κ2) is 9.93. The monoisotopic (exact) mass is 522 g/mol. The van der Waals surface area contributed by atoms with Crippen LogP contribution in [0.5, 0.6) is 17.2 Å². The SMILES string of the molecule is CCOC(=O)c1ccc(Oc2c(C)oc3cc(OC(=O)c4ccc(Br)cc4)ccc3c2=O)cc1. The van der Waals surface area contributed by atoms with Crippen LogP contribution in [0.4, 0.5) is 0 Å². The number of esters is 2. The number of halogens is 1. The Labute approximate surface area is 203 Å². The van der Waals surface area contributed by atoms with Gasteiger partial charge < -0.3 is 18.6 Å². The number of fused-ring (bicyclic) bond motifs is 1. The highest BCUT2D eigenvalue weighted by Gasteiger charge is 2.16. The van der Waals surface area contributed by atoms with Gasteiger partial charge >= 0.3 is 11.9 Å². The highest BCUT2D eigenvalue weighted by Crippen LogP contribution is 2.28. The molecule has 1 aromatic heterocycles. The molecule has 0 amide bonds. The van der Waals surface area contributed by atoms with Crippen LogP contribution in [0.3, 0.4) is 0 Å². The zero-order chi connectivity index (χ0) is 24.2. The van der Waals surface area contributed by atoms with E-state index in [4.69, 9.17) is 18.6 Å². The molecule has 3 aromatic carbocycles. The van der Waals surface area contributed by atoms with Crippen molar-refractivity contribution in [2.75, 3.05) is 6.61 Å². The Morgan fingerprint density at radius 1 is 0.882 bits per heavy atom. The summed E-state index contributed by atoms with van der Waals surface area (Å²) in [6.07, 6.45) is 0. The molecule has 0 bridgehead atoms. The number of aryl methyl sites for hydroxylation is 1. The van der Waals surface area contributed by atoms with Crippen molar-refractivity contribution in [2.24, 2.45) is 0 Å². The Hall–Kier alpha value is -3.91. The number of rotatable bonds is 6. The first-order chi connectivity index (χ1) is 16.4. The molecular formula is C26H19BrO7. The zero-order valence-corrected chi connectivity index (χ0v) is 19.9. The van der Waals surface area contributed by atoms with Gasteiger partial charge in [0.1, 0.15) is 22.8 Å². The number of carbonyl (C=O) groups is 2. The van der Waals surface area contributed by atoms with E-state index in [9.17, 15) is 14.4 Å². The molecule has 0 unspecified atom stereocenters. The topological polar surface area (TPSA) is 92.0 Å². The van der Waals surface area contributed by atoms with Crippen molar-refractivity contribution in [1.82, 2.24) is 0 Å². The van der Waals surface area contributed by atoms with Gasteiger partial charge in [-0.25, -0.2) is 9.59 Å². The van der Waals surface area contributed by atoms with E-state index < -0.39 is 11.9 Å². The van der Waals surface area contributed by atoms with Crippen molar-refractivity contribution in [3.63, 3.8) is 0 Å². The highest BCUT2D eigenvalue weighted by molar-refractivity contribution is 9.10. The van der Waals surface area contributed by atoms with E-state index in [1.54, 1.807) is 62.4 Å². The van der Waals surface area contributed by atoms with Gasteiger partial charge in [-0.05, 0) is 74.5 Å². The average Bonchev–Trinajstić information content (AvgIpc) is 2.82. The summed E-state index contributed by atoms with van der Waals surface area (Å²) in [5.41, 5.74) is 0.646. The van der Waals surface area contributed by atoms with Crippen LogP contribution >= 0.6 is 15.9 Å². The van der Waals surface area contributed by atoms with Gasteiger partial charge in [0.2, 0.25) is 11.2 Å². The van der Waals surface area contributed by atoms with E-state index >= 15 is 0 Å². The molecule has 0 aliphatic rings. The molecule has 4 aromatic rings. The van der Waals surface area contributed by atoms with Gasteiger partial charge in [0.15, 0.2) is 0 Å². The molecule has 0 radical (unpaired) electrons. The van der Waals surface area contributed by atoms with E-state index in [0.29, 0.717) is 16.9 Å². The lowest BCUT2D eigenvalue weighted by molar-refractivity contribution is 0.0526. The second-order valence-corrected chi connectivity index (χ2v) is 8.13. The fraction of sp³-hybridized carbons (Fsp3) is 0.115. The summed E-state index contributed by atoms with van der Waals surface area (Å²) >= 11 is 3.32. The van der Waals surface area contributed by atoms with Crippen molar-refractivity contribution >= 4 is 38.8 Å². The number of ether oxygens (including phenoxy) is 3. The summed E-state index contributed by atoms with van der Waals surface area (Å²) in [5, 5.41) is 0.271. The van der Waals surface area contributed by atoms with Crippen LogP contribution in [0.2, 0.25) is 0 Å². The van der Waals surface area contributed by atoms with E-state index in [1.807, 2.05) is 0 Å². The van der Waals surface area contributed by atoms with Crippen LogP contribution < -0.4 is 14.9 Å². The predicted molar refractivity (Wildman–Crippen MR) is 129 cm³/mol. The quantitative estimate of drug-likeness (QED) is 0.224. The summed E-state index contributed by atoms with van der Waals surface area (Å²) < 4.78 is 22.8. The molecule has 172 valence electrons. The Balaban J connectivity index is 1.57. The summed E-state index contributed by atoms with van der Waals surface area (Å²) in [5.74, 6) is -0.0855. The minimum atomic E-state index is -0.530. The molecule has 0 fully saturated rings. The Morgan fingerprint density at radius 3 is 2.18 bits per heavy atom. The summed E-state index contributed by atoms with van der Waals surface area (Å²) in [4.78, 5) is 37.2. The number of carbonyl (C=O) groups excluding carboxylic acids is 2. The smallest absolute Gasteiger partial charge is 0.343 e. The van der Waals surface area contributed by atoms with Crippen LogP contribution in [0.25, 0.3) is 11.0 Å². The number of benzene rings is 3. The fourth-order valence-electron chi connectivity index (χ4n) is 3.19. The van der Waals surface area contributed by atoms with E-state index in [-0.39, 0.29) is 40.3 Å². The third-order valence-electron chi connectivity index (χ3n) is 4.86. The second-order valence-electron chi connectivity index (χ2n) is 7.22. The van der Waals surface area contributed by atoms with Gasteiger partial charge in [-0.1, -0.05) is 15.9 Å². The summed E-state index contributed by atoms with van der Waals surface area (Å²) in [6, 6.07) is 17.5. The number of hydrogen-bond donors (Lipinski definition) is 0. The molecule has 0 N–H and O–H groups in total. The number of hydrogen-bond acceptors (Lipinski definition) is 7. The van der Waals surface area contributed by atoms with E-state index in [2.05, 4.69) is 15.9 Å². The molecule has 0 aliphatic heterocycles. The first-order valence-corrected chi connectivity index (χ1v) is 11.1.